The van der Waals surface area contributed by atoms with Gasteiger partial charge < -0.3 is 19.1 Å². The van der Waals surface area contributed by atoms with Crippen molar-refractivity contribution in [3.8, 4) is 11.5 Å². The Kier molecular flexibility index (Phi) is 7.89. The second kappa shape index (κ2) is 11.5. The maximum Gasteiger partial charge on any atom is 0.230 e. The zero-order valence-electron chi connectivity index (χ0n) is 21.7. The van der Waals surface area contributed by atoms with E-state index in [-0.39, 0.29) is 24.2 Å². The van der Waals surface area contributed by atoms with Crippen LogP contribution in [0.2, 0.25) is 0 Å². The highest BCUT2D eigenvalue weighted by atomic mass is 19.1. The van der Waals surface area contributed by atoms with Crippen molar-refractivity contribution in [2.45, 2.75) is 59.0 Å². The molecule has 1 fully saturated rings. The lowest BCUT2D eigenvalue weighted by Gasteiger charge is -2.33. The molecule has 2 aliphatic rings. The van der Waals surface area contributed by atoms with Gasteiger partial charge in [-0.05, 0) is 68.9 Å². The number of hydrogen-bond donors (Lipinski definition) is 0. The van der Waals surface area contributed by atoms with Crippen molar-refractivity contribution in [1.82, 2.24) is 4.98 Å². The number of fused-ring (bicyclic) bond motifs is 2. The average molecular weight is 507 g/mol. The van der Waals surface area contributed by atoms with Crippen LogP contribution >= 0.6 is 0 Å². The Bertz CT molecular complexity index is 1270. The fourth-order valence-electron chi connectivity index (χ4n) is 5.18. The third-order valence-electron chi connectivity index (χ3n) is 7.36. The number of carbonyl (C=O) groups is 1. The number of anilines is 1. The number of rotatable bonds is 8. The van der Waals surface area contributed by atoms with E-state index in [0.29, 0.717) is 42.2 Å². The fraction of sp³-hybridized carbons (Fsp3) is 0.467. The Morgan fingerprint density at radius 3 is 2.81 bits per heavy atom. The van der Waals surface area contributed by atoms with Crippen molar-refractivity contribution in [3.05, 3.63) is 59.0 Å². The number of aryl methyl sites for hydroxylation is 1. The van der Waals surface area contributed by atoms with E-state index in [1.54, 1.807) is 6.07 Å². The number of unbranched alkanes of at least 4 members (excludes halogenated alkanes) is 1. The topological polar surface area (TPSA) is 60.9 Å². The van der Waals surface area contributed by atoms with Gasteiger partial charge in [0.05, 0.1) is 23.5 Å². The minimum absolute atomic E-state index is 0.0182. The smallest absolute Gasteiger partial charge is 0.230 e. The monoisotopic (exact) mass is 506 g/mol. The van der Waals surface area contributed by atoms with E-state index in [2.05, 4.69) is 13.0 Å². The van der Waals surface area contributed by atoms with Gasteiger partial charge >= 0.3 is 0 Å². The van der Waals surface area contributed by atoms with E-state index in [1.165, 1.54) is 17.7 Å². The Balaban J connectivity index is 1.38. The van der Waals surface area contributed by atoms with E-state index in [9.17, 15) is 9.18 Å². The molecule has 0 atom stereocenters. The fourth-order valence-corrected chi connectivity index (χ4v) is 5.18. The number of aromatic nitrogens is 1. The Labute approximate surface area is 217 Å². The van der Waals surface area contributed by atoms with Crippen LogP contribution in [0.25, 0.3) is 10.9 Å². The number of pyridine rings is 1. The summed E-state index contributed by atoms with van der Waals surface area (Å²) >= 11 is 0. The lowest BCUT2D eigenvalue weighted by Crippen LogP contribution is -2.41. The van der Waals surface area contributed by atoms with Gasteiger partial charge in [0, 0.05) is 42.7 Å². The number of ether oxygens (including phenoxy) is 3. The second-order valence-electron chi connectivity index (χ2n) is 9.94. The lowest BCUT2D eigenvalue weighted by molar-refractivity contribution is -0.125. The number of carbonyl (C=O) groups excluding carboxylic acids is 1. The van der Waals surface area contributed by atoms with Gasteiger partial charge in [-0.2, -0.15) is 0 Å². The molecule has 2 aliphatic heterocycles. The van der Waals surface area contributed by atoms with Crippen LogP contribution in [0.15, 0.2) is 36.4 Å². The molecule has 6 nitrogen and oxygen atoms in total. The molecule has 37 heavy (non-hydrogen) atoms. The molecule has 5 rings (SSSR count). The molecule has 2 aromatic carbocycles. The van der Waals surface area contributed by atoms with Gasteiger partial charge in [0.15, 0.2) is 0 Å². The molecule has 3 aromatic rings. The van der Waals surface area contributed by atoms with Crippen molar-refractivity contribution < 1.29 is 23.4 Å². The second-order valence-corrected chi connectivity index (χ2v) is 9.94. The quantitative estimate of drug-likeness (QED) is 0.343. The van der Waals surface area contributed by atoms with Crippen molar-refractivity contribution in [2.75, 3.05) is 31.3 Å². The van der Waals surface area contributed by atoms with Crippen LogP contribution in [-0.4, -0.2) is 37.3 Å². The van der Waals surface area contributed by atoms with Gasteiger partial charge in [-0.15, -0.1) is 0 Å². The molecule has 196 valence electrons. The summed E-state index contributed by atoms with van der Waals surface area (Å²) < 4.78 is 31.8. The molecule has 1 saturated heterocycles. The van der Waals surface area contributed by atoms with Crippen LogP contribution in [0.1, 0.15) is 55.8 Å². The molecule has 1 amide bonds. The molecule has 0 radical (unpaired) electrons. The first kappa shape index (κ1) is 25.5. The van der Waals surface area contributed by atoms with Crippen LogP contribution in [-0.2, 0) is 22.6 Å². The lowest BCUT2D eigenvalue weighted by atomic mass is 9.95. The van der Waals surface area contributed by atoms with Gasteiger partial charge in [-0.1, -0.05) is 19.4 Å². The summed E-state index contributed by atoms with van der Waals surface area (Å²) in [4.78, 5) is 20.0. The van der Waals surface area contributed by atoms with Gasteiger partial charge in [0.2, 0.25) is 5.91 Å². The summed E-state index contributed by atoms with van der Waals surface area (Å²) in [7, 11) is 0. The average Bonchev–Trinajstić information content (AvgIpc) is 2.93. The third kappa shape index (κ3) is 5.57. The highest BCUT2D eigenvalue weighted by Gasteiger charge is 2.30. The minimum Gasteiger partial charge on any atom is -0.493 e. The summed E-state index contributed by atoms with van der Waals surface area (Å²) in [5, 5.41) is 0.674. The number of benzene rings is 2. The first-order chi connectivity index (χ1) is 18.0. The first-order valence-electron chi connectivity index (χ1n) is 13.4. The summed E-state index contributed by atoms with van der Waals surface area (Å²) in [6.07, 6.45) is 5.40. The summed E-state index contributed by atoms with van der Waals surface area (Å²) in [5.41, 5.74) is 4.40. The van der Waals surface area contributed by atoms with Crippen LogP contribution < -0.4 is 14.4 Å². The molecule has 0 spiro atoms. The van der Waals surface area contributed by atoms with Gasteiger partial charge in [-0.25, -0.2) is 9.37 Å². The van der Waals surface area contributed by atoms with Crippen molar-refractivity contribution in [1.29, 1.82) is 0 Å². The number of nitrogens with zero attached hydrogens (tertiary/aromatic N) is 2. The Morgan fingerprint density at radius 2 is 2.00 bits per heavy atom. The van der Waals surface area contributed by atoms with Crippen molar-refractivity contribution >= 4 is 22.5 Å². The van der Waals surface area contributed by atoms with Crippen molar-refractivity contribution in [2.24, 2.45) is 5.92 Å². The zero-order chi connectivity index (χ0) is 25.8. The van der Waals surface area contributed by atoms with E-state index in [4.69, 9.17) is 19.2 Å². The van der Waals surface area contributed by atoms with Crippen LogP contribution in [0.5, 0.6) is 11.5 Å². The number of hydrogen-bond acceptors (Lipinski definition) is 5. The normalized spacial score (nSPS) is 16.0. The van der Waals surface area contributed by atoms with Gasteiger partial charge in [0.25, 0.3) is 0 Å². The standard InChI is InChI=1S/C30H35FN2O4/c1-3-4-14-36-29-20(2)27(32-26-10-8-23(31)17-25(26)29)19-37-24-9-7-21-6-5-13-33(28(21)18-24)30(34)22-11-15-35-16-12-22/h7-10,17-18,22H,3-6,11-16,19H2,1-2H3. The van der Waals surface area contributed by atoms with Crippen LogP contribution in [0, 0.1) is 18.7 Å². The van der Waals surface area contributed by atoms with Crippen LogP contribution in [0.4, 0.5) is 10.1 Å². The molecule has 0 unspecified atom stereocenters. The summed E-state index contributed by atoms with van der Waals surface area (Å²) in [6.45, 7) is 6.89. The third-order valence-corrected chi connectivity index (χ3v) is 7.36. The predicted molar refractivity (Wildman–Crippen MR) is 142 cm³/mol. The number of amides is 1. The van der Waals surface area contributed by atoms with Crippen LogP contribution in [0.3, 0.4) is 0 Å². The molecule has 0 N–H and O–H groups in total. The summed E-state index contributed by atoms with van der Waals surface area (Å²) in [5.74, 6) is 1.25. The zero-order valence-corrected chi connectivity index (χ0v) is 21.7. The highest BCUT2D eigenvalue weighted by molar-refractivity contribution is 5.96. The van der Waals surface area contributed by atoms with E-state index in [1.807, 2.05) is 24.0 Å². The molecule has 0 bridgehead atoms. The molecule has 0 aliphatic carbocycles. The van der Waals surface area contributed by atoms with Gasteiger partial charge in [0.1, 0.15) is 23.9 Å². The largest absolute Gasteiger partial charge is 0.493 e. The molecule has 7 heteroatoms. The molecular formula is C30H35FN2O4. The SMILES string of the molecule is CCCCOc1c(C)c(COc2ccc3c(c2)N(C(=O)C2CCOCC2)CCC3)nc2ccc(F)cc12. The Hall–Kier alpha value is -3.19. The Morgan fingerprint density at radius 1 is 1.16 bits per heavy atom. The van der Waals surface area contributed by atoms with E-state index < -0.39 is 0 Å². The highest BCUT2D eigenvalue weighted by Crippen LogP contribution is 2.35. The maximum absolute atomic E-state index is 14.0. The molecule has 1 aromatic heterocycles. The maximum atomic E-state index is 14.0. The molecular weight excluding hydrogens is 471 g/mol. The molecule has 0 saturated carbocycles. The molecule has 3 heterocycles. The first-order valence-corrected chi connectivity index (χ1v) is 13.4. The predicted octanol–water partition coefficient (Wildman–Crippen LogP) is 6.15. The minimum atomic E-state index is -0.313. The number of halogens is 1. The van der Waals surface area contributed by atoms with Gasteiger partial charge in [-0.3, -0.25) is 4.79 Å². The summed E-state index contributed by atoms with van der Waals surface area (Å²) in [6, 6.07) is 10.6. The van der Waals surface area contributed by atoms with E-state index in [0.717, 1.165) is 62.0 Å². The van der Waals surface area contributed by atoms with Crippen molar-refractivity contribution in [3.63, 3.8) is 0 Å². The van der Waals surface area contributed by atoms with E-state index >= 15 is 0 Å².